The molecule has 0 N–H and O–H groups in total. The van der Waals surface area contributed by atoms with Crippen molar-refractivity contribution >= 4 is 34.2 Å². The van der Waals surface area contributed by atoms with Gasteiger partial charge in [-0.25, -0.2) is 4.90 Å². The number of hydrogen-bond donors (Lipinski definition) is 0. The standard InChI is InChI=1S/C21H14N4O2/c1-12-7-3-4-8-14(12)25-20(26)17-13(11-22)19-23(2)15-9-5-6-10-16(15)24(19)18(17)21(25)27/h3-10H,1-2H3. The summed E-state index contributed by atoms with van der Waals surface area (Å²) in [4.78, 5) is 27.7. The number of para-hydroxylation sites is 3. The van der Waals surface area contributed by atoms with Gasteiger partial charge in [-0.05, 0) is 30.7 Å². The molecule has 2 amide bonds. The molecule has 2 aromatic carbocycles. The van der Waals surface area contributed by atoms with Gasteiger partial charge >= 0.3 is 0 Å². The minimum absolute atomic E-state index is 0.183. The predicted octanol–water partition coefficient (Wildman–Crippen LogP) is 3.41. The van der Waals surface area contributed by atoms with Crippen molar-refractivity contribution in [3.05, 3.63) is 70.9 Å². The Morgan fingerprint density at radius 1 is 0.926 bits per heavy atom. The third kappa shape index (κ3) is 1.73. The van der Waals surface area contributed by atoms with Crippen LogP contribution in [0.15, 0.2) is 48.5 Å². The predicted molar refractivity (Wildman–Crippen MR) is 101 cm³/mol. The second-order valence-corrected chi connectivity index (χ2v) is 6.65. The lowest BCUT2D eigenvalue weighted by atomic mass is 10.1. The van der Waals surface area contributed by atoms with E-state index in [-0.39, 0.29) is 16.8 Å². The Balaban J connectivity index is 1.90. The number of hydrogen-bond acceptors (Lipinski definition) is 3. The Kier molecular flexibility index (Phi) is 2.90. The maximum atomic E-state index is 13.3. The molecule has 2 aromatic heterocycles. The fourth-order valence-corrected chi connectivity index (χ4v) is 4.02. The van der Waals surface area contributed by atoms with Crippen LogP contribution >= 0.6 is 0 Å². The molecular formula is C21H14N4O2. The number of carbonyl (C=O) groups excluding carboxylic acids is 2. The summed E-state index contributed by atoms with van der Waals surface area (Å²) in [5.41, 5.74) is 4.28. The van der Waals surface area contributed by atoms with Crippen LogP contribution in [-0.2, 0) is 7.05 Å². The molecule has 5 rings (SSSR count). The summed E-state index contributed by atoms with van der Waals surface area (Å²) in [7, 11) is 1.84. The third-order valence-corrected chi connectivity index (χ3v) is 5.24. The zero-order valence-corrected chi connectivity index (χ0v) is 14.7. The first-order valence-electron chi connectivity index (χ1n) is 8.52. The van der Waals surface area contributed by atoms with Crippen LogP contribution in [0.1, 0.15) is 32.0 Å². The Bertz CT molecular complexity index is 1350. The van der Waals surface area contributed by atoms with Crippen LogP contribution in [0, 0.1) is 18.3 Å². The van der Waals surface area contributed by atoms with E-state index in [0.717, 1.165) is 16.6 Å². The normalized spacial score (nSPS) is 13.6. The van der Waals surface area contributed by atoms with E-state index < -0.39 is 11.8 Å². The van der Waals surface area contributed by atoms with Crippen molar-refractivity contribution in [2.24, 2.45) is 7.05 Å². The highest BCUT2D eigenvalue weighted by Crippen LogP contribution is 2.37. The first-order chi connectivity index (χ1) is 13.1. The van der Waals surface area contributed by atoms with Gasteiger partial charge in [0.05, 0.1) is 22.3 Å². The number of carbonyl (C=O) groups is 2. The molecule has 130 valence electrons. The van der Waals surface area contributed by atoms with E-state index in [2.05, 4.69) is 6.07 Å². The number of nitriles is 1. The summed E-state index contributed by atoms with van der Waals surface area (Å²) in [5.74, 6) is -0.856. The summed E-state index contributed by atoms with van der Waals surface area (Å²) >= 11 is 0. The molecule has 0 fully saturated rings. The lowest BCUT2D eigenvalue weighted by molar-refractivity contribution is 0.0923. The van der Waals surface area contributed by atoms with Crippen LogP contribution in [0.3, 0.4) is 0 Å². The second kappa shape index (κ2) is 5.08. The van der Waals surface area contributed by atoms with E-state index in [0.29, 0.717) is 11.3 Å². The van der Waals surface area contributed by atoms with Gasteiger partial charge in [-0.2, -0.15) is 5.26 Å². The van der Waals surface area contributed by atoms with Crippen LogP contribution in [-0.4, -0.2) is 20.8 Å². The zero-order chi connectivity index (χ0) is 18.9. The van der Waals surface area contributed by atoms with Crippen molar-refractivity contribution < 1.29 is 9.59 Å². The second-order valence-electron chi connectivity index (χ2n) is 6.65. The summed E-state index contributed by atoms with van der Waals surface area (Å²) < 4.78 is 3.59. The monoisotopic (exact) mass is 354 g/mol. The average Bonchev–Trinajstić information content (AvgIpc) is 3.25. The molecule has 0 aliphatic carbocycles. The summed E-state index contributed by atoms with van der Waals surface area (Å²) in [6, 6.07) is 17.0. The van der Waals surface area contributed by atoms with Gasteiger partial charge in [0.2, 0.25) is 0 Å². The Morgan fingerprint density at radius 2 is 1.59 bits per heavy atom. The van der Waals surface area contributed by atoms with Crippen molar-refractivity contribution in [1.82, 2.24) is 8.97 Å². The van der Waals surface area contributed by atoms with E-state index in [1.165, 1.54) is 4.90 Å². The lowest BCUT2D eigenvalue weighted by Gasteiger charge is -2.16. The molecule has 27 heavy (non-hydrogen) atoms. The number of aromatic nitrogens is 2. The molecule has 0 saturated heterocycles. The highest BCUT2D eigenvalue weighted by Gasteiger charge is 2.44. The molecule has 1 aliphatic rings. The molecule has 0 spiro atoms. The number of benzene rings is 2. The number of imidazole rings is 1. The van der Waals surface area contributed by atoms with E-state index in [1.807, 2.05) is 54.9 Å². The molecule has 0 bridgehead atoms. The molecule has 1 aliphatic heterocycles. The van der Waals surface area contributed by atoms with Crippen LogP contribution in [0.2, 0.25) is 0 Å². The summed E-state index contributed by atoms with van der Waals surface area (Å²) in [6.45, 7) is 1.85. The molecule has 0 saturated carbocycles. The summed E-state index contributed by atoms with van der Waals surface area (Å²) in [5, 5.41) is 9.80. The van der Waals surface area contributed by atoms with Gasteiger partial charge in [0.25, 0.3) is 11.8 Å². The van der Waals surface area contributed by atoms with Crippen LogP contribution in [0.5, 0.6) is 0 Å². The van der Waals surface area contributed by atoms with Crippen molar-refractivity contribution in [3.8, 4) is 6.07 Å². The SMILES string of the molecule is Cc1ccccc1N1C(=O)c2c(C#N)c3n(C)c4ccccc4n3c2C1=O. The number of nitrogens with zero attached hydrogens (tertiary/aromatic N) is 4. The zero-order valence-electron chi connectivity index (χ0n) is 14.7. The van der Waals surface area contributed by atoms with E-state index in [4.69, 9.17) is 0 Å². The van der Waals surface area contributed by atoms with Crippen LogP contribution in [0.4, 0.5) is 5.69 Å². The van der Waals surface area contributed by atoms with Gasteiger partial charge in [0, 0.05) is 7.05 Å². The molecular weight excluding hydrogens is 340 g/mol. The Hall–Kier alpha value is -3.85. The highest BCUT2D eigenvalue weighted by molar-refractivity contribution is 6.36. The number of imide groups is 1. The lowest BCUT2D eigenvalue weighted by Crippen LogP contribution is -2.31. The number of aryl methyl sites for hydroxylation is 2. The van der Waals surface area contributed by atoms with Gasteiger partial charge in [0.15, 0.2) is 0 Å². The maximum absolute atomic E-state index is 13.3. The largest absolute Gasteiger partial charge is 0.328 e. The molecule has 0 unspecified atom stereocenters. The smallest absolute Gasteiger partial charge is 0.283 e. The van der Waals surface area contributed by atoms with Gasteiger partial charge in [-0.15, -0.1) is 0 Å². The number of anilines is 1. The van der Waals surface area contributed by atoms with E-state index in [1.54, 1.807) is 16.5 Å². The Labute approximate surface area is 154 Å². The molecule has 0 atom stereocenters. The quantitative estimate of drug-likeness (QED) is 0.492. The van der Waals surface area contributed by atoms with Crippen molar-refractivity contribution in [3.63, 3.8) is 0 Å². The number of amides is 2. The third-order valence-electron chi connectivity index (χ3n) is 5.24. The minimum Gasteiger partial charge on any atom is -0.328 e. The van der Waals surface area contributed by atoms with E-state index >= 15 is 0 Å². The number of fused-ring (bicyclic) bond motifs is 5. The molecule has 0 radical (unpaired) electrons. The first-order valence-corrected chi connectivity index (χ1v) is 8.52. The fraction of sp³-hybridized carbons (Fsp3) is 0.0952. The Morgan fingerprint density at radius 3 is 2.30 bits per heavy atom. The molecule has 4 aromatic rings. The van der Waals surface area contributed by atoms with Gasteiger partial charge in [0.1, 0.15) is 23.0 Å². The van der Waals surface area contributed by atoms with Gasteiger partial charge in [-0.1, -0.05) is 30.3 Å². The van der Waals surface area contributed by atoms with Crippen molar-refractivity contribution in [2.45, 2.75) is 6.92 Å². The number of rotatable bonds is 1. The fourth-order valence-electron chi connectivity index (χ4n) is 4.02. The van der Waals surface area contributed by atoms with E-state index in [9.17, 15) is 14.9 Å². The molecule has 3 heterocycles. The minimum atomic E-state index is -0.450. The van der Waals surface area contributed by atoms with Gasteiger partial charge < -0.3 is 4.57 Å². The molecule has 6 nitrogen and oxygen atoms in total. The topological polar surface area (TPSA) is 70.5 Å². The van der Waals surface area contributed by atoms with Crippen LogP contribution < -0.4 is 4.90 Å². The maximum Gasteiger partial charge on any atom is 0.283 e. The van der Waals surface area contributed by atoms with Gasteiger partial charge in [-0.3, -0.25) is 14.0 Å². The average molecular weight is 354 g/mol. The molecule has 6 heteroatoms. The first kappa shape index (κ1) is 15.4. The summed E-state index contributed by atoms with van der Waals surface area (Å²) in [6.07, 6.45) is 0. The van der Waals surface area contributed by atoms with Crippen molar-refractivity contribution in [2.75, 3.05) is 4.90 Å². The van der Waals surface area contributed by atoms with Crippen molar-refractivity contribution in [1.29, 1.82) is 5.26 Å². The van der Waals surface area contributed by atoms with Crippen LogP contribution in [0.25, 0.3) is 16.7 Å². The highest BCUT2D eigenvalue weighted by atomic mass is 16.2.